The van der Waals surface area contributed by atoms with Crippen molar-refractivity contribution in [3.63, 3.8) is 0 Å². The maximum Gasteiger partial charge on any atom is 0.295 e. The van der Waals surface area contributed by atoms with Gasteiger partial charge in [-0.25, -0.2) is 0 Å². The fraction of sp³-hybridized carbons (Fsp3) is 0.409. The van der Waals surface area contributed by atoms with Crippen LogP contribution in [-0.2, 0) is 0 Å². The van der Waals surface area contributed by atoms with Gasteiger partial charge in [0.2, 0.25) is 0 Å². The quantitative estimate of drug-likeness (QED) is 0.627. The van der Waals surface area contributed by atoms with E-state index in [0.29, 0.717) is 40.8 Å². The van der Waals surface area contributed by atoms with E-state index in [0.717, 1.165) is 5.52 Å². The fourth-order valence-electron chi connectivity index (χ4n) is 3.84. The van der Waals surface area contributed by atoms with E-state index < -0.39 is 0 Å². The fourth-order valence-corrected chi connectivity index (χ4v) is 3.84. The number of rotatable bonds is 6. The molecule has 0 spiro atoms. The number of nitrogens with zero attached hydrogens (tertiary/aromatic N) is 2. The Hall–Kier alpha value is -3.09. The molecule has 4 rings (SSSR count). The number of carbonyl (C=O) groups is 1. The summed E-state index contributed by atoms with van der Waals surface area (Å²) in [5.41, 5.74) is 1.73. The van der Waals surface area contributed by atoms with E-state index >= 15 is 0 Å². The van der Waals surface area contributed by atoms with Crippen LogP contribution in [0.2, 0.25) is 0 Å². The van der Waals surface area contributed by atoms with Crippen molar-refractivity contribution in [2.75, 3.05) is 12.4 Å². The summed E-state index contributed by atoms with van der Waals surface area (Å²) in [6.07, 6.45) is 8.02. The number of fused-ring (bicyclic) bond motifs is 1. The number of anilines is 1. The van der Waals surface area contributed by atoms with Crippen molar-refractivity contribution < 1.29 is 13.9 Å². The lowest BCUT2D eigenvalue weighted by Gasteiger charge is -2.27. The van der Waals surface area contributed by atoms with E-state index in [-0.39, 0.29) is 5.91 Å². The Morgan fingerprint density at radius 3 is 2.76 bits per heavy atom. The molecular weight excluding hydrogens is 368 g/mol. The first-order valence-electron chi connectivity index (χ1n) is 10.2. The van der Waals surface area contributed by atoms with Crippen molar-refractivity contribution in [2.24, 2.45) is 5.92 Å². The van der Waals surface area contributed by atoms with E-state index in [1.54, 1.807) is 31.4 Å². The molecule has 1 atom stereocenters. The van der Waals surface area contributed by atoms with Gasteiger partial charge in [0.1, 0.15) is 22.7 Å². The summed E-state index contributed by atoms with van der Waals surface area (Å²) in [4.78, 5) is 20.3. The van der Waals surface area contributed by atoms with Crippen molar-refractivity contribution in [3.8, 4) is 11.5 Å². The molecule has 2 heterocycles. The molecule has 1 saturated carbocycles. The highest BCUT2D eigenvalue weighted by Gasteiger charge is 2.21. The van der Waals surface area contributed by atoms with Crippen LogP contribution in [0, 0.1) is 5.92 Å². The van der Waals surface area contributed by atoms with Gasteiger partial charge >= 0.3 is 0 Å². The molecule has 7 nitrogen and oxygen atoms in total. The second-order valence-electron chi connectivity index (χ2n) is 7.54. The maximum atomic E-state index is 11.7. The van der Waals surface area contributed by atoms with Gasteiger partial charge in [-0.15, -0.1) is 0 Å². The number of benzene rings is 1. The molecule has 1 aliphatic carbocycles. The molecule has 1 amide bonds. The highest BCUT2D eigenvalue weighted by atomic mass is 16.5. The lowest BCUT2D eigenvalue weighted by molar-refractivity contribution is 0.0958. The van der Waals surface area contributed by atoms with Gasteiger partial charge in [-0.2, -0.15) is 4.98 Å². The summed E-state index contributed by atoms with van der Waals surface area (Å²) in [7, 11) is 1.57. The van der Waals surface area contributed by atoms with Gasteiger partial charge < -0.3 is 19.8 Å². The Balaban J connectivity index is 1.47. The zero-order valence-electron chi connectivity index (χ0n) is 16.8. The van der Waals surface area contributed by atoms with Crippen molar-refractivity contribution in [2.45, 2.75) is 45.1 Å². The smallest absolute Gasteiger partial charge is 0.295 e. The summed E-state index contributed by atoms with van der Waals surface area (Å²) in [6.45, 7) is 2.20. The minimum atomic E-state index is -0.260. The Labute approximate surface area is 169 Å². The van der Waals surface area contributed by atoms with Gasteiger partial charge in [-0.1, -0.05) is 19.3 Å². The van der Waals surface area contributed by atoms with Crippen molar-refractivity contribution in [3.05, 3.63) is 42.2 Å². The topological polar surface area (TPSA) is 89.3 Å². The number of carbonyl (C=O) groups excluding carboxylic acids is 1. The first-order chi connectivity index (χ1) is 14.1. The number of oxazole rings is 1. The summed E-state index contributed by atoms with van der Waals surface area (Å²) in [6, 6.07) is 9.68. The average molecular weight is 394 g/mol. The first-order valence-corrected chi connectivity index (χ1v) is 10.2. The summed E-state index contributed by atoms with van der Waals surface area (Å²) in [5.74, 6) is 1.54. The van der Waals surface area contributed by atoms with Crippen LogP contribution in [0.3, 0.4) is 0 Å². The molecule has 7 heteroatoms. The molecule has 0 bridgehead atoms. The third-order valence-electron chi connectivity index (χ3n) is 5.49. The van der Waals surface area contributed by atoms with E-state index in [1.807, 2.05) is 12.1 Å². The van der Waals surface area contributed by atoms with Gasteiger partial charge in [0.25, 0.3) is 11.9 Å². The van der Waals surface area contributed by atoms with Crippen LogP contribution in [0.15, 0.2) is 40.9 Å². The first kappa shape index (κ1) is 19.2. The number of aromatic nitrogens is 2. The number of hydrogen-bond acceptors (Lipinski definition) is 6. The molecule has 3 aromatic rings. The van der Waals surface area contributed by atoms with Gasteiger partial charge in [0, 0.05) is 31.4 Å². The van der Waals surface area contributed by atoms with Crippen molar-refractivity contribution in [1.29, 1.82) is 0 Å². The predicted molar refractivity (Wildman–Crippen MR) is 111 cm³/mol. The standard InChI is InChI=1S/C22H26N4O3/c1-14(15-6-4-3-5-7-15)25-22-26-18-9-8-16(13-20(18)29-22)28-17-10-11-24-19(12-17)21(27)23-2/h8-15H,3-7H2,1-2H3,(H,23,27)(H,25,26)/t14-/m1/s1. The van der Waals surface area contributed by atoms with Gasteiger partial charge in [-0.3, -0.25) is 9.78 Å². The highest BCUT2D eigenvalue weighted by molar-refractivity contribution is 5.92. The molecule has 0 radical (unpaired) electrons. The predicted octanol–water partition coefficient (Wildman–Crippen LogP) is 4.76. The zero-order chi connectivity index (χ0) is 20.2. The van der Waals surface area contributed by atoms with Crippen LogP contribution in [0.5, 0.6) is 11.5 Å². The average Bonchev–Trinajstić information content (AvgIpc) is 3.15. The van der Waals surface area contributed by atoms with Crippen LogP contribution in [0.25, 0.3) is 11.1 Å². The Morgan fingerprint density at radius 1 is 1.17 bits per heavy atom. The summed E-state index contributed by atoms with van der Waals surface area (Å²) >= 11 is 0. The maximum absolute atomic E-state index is 11.7. The normalized spacial score (nSPS) is 15.8. The molecule has 2 N–H and O–H groups in total. The Morgan fingerprint density at radius 2 is 1.97 bits per heavy atom. The Kier molecular flexibility index (Phi) is 5.64. The number of hydrogen-bond donors (Lipinski definition) is 2. The molecule has 1 aliphatic rings. The molecule has 1 aromatic carbocycles. The minimum Gasteiger partial charge on any atom is -0.457 e. The largest absolute Gasteiger partial charge is 0.457 e. The van der Waals surface area contributed by atoms with E-state index in [9.17, 15) is 4.79 Å². The molecule has 0 aliphatic heterocycles. The number of nitrogens with one attached hydrogen (secondary N) is 2. The number of amides is 1. The SMILES string of the molecule is CNC(=O)c1cc(Oc2ccc3nc(N[C@H](C)C4CCCCC4)oc3c2)ccn1. The third-order valence-corrected chi connectivity index (χ3v) is 5.49. The second kappa shape index (κ2) is 8.51. The van der Waals surface area contributed by atoms with Crippen LogP contribution >= 0.6 is 0 Å². The van der Waals surface area contributed by atoms with Crippen LogP contribution in [0.4, 0.5) is 6.01 Å². The zero-order valence-corrected chi connectivity index (χ0v) is 16.8. The molecular formula is C22H26N4O3. The van der Waals surface area contributed by atoms with Crippen molar-refractivity contribution >= 4 is 23.0 Å². The van der Waals surface area contributed by atoms with Crippen LogP contribution in [0.1, 0.15) is 49.5 Å². The molecule has 152 valence electrons. The molecule has 29 heavy (non-hydrogen) atoms. The molecule has 0 saturated heterocycles. The van der Waals surface area contributed by atoms with Gasteiger partial charge in [0.05, 0.1) is 0 Å². The summed E-state index contributed by atoms with van der Waals surface area (Å²) in [5, 5.41) is 5.98. The summed E-state index contributed by atoms with van der Waals surface area (Å²) < 4.78 is 11.8. The lowest BCUT2D eigenvalue weighted by Crippen LogP contribution is -2.27. The number of pyridine rings is 1. The number of ether oxygens (including phenoxy) is 1. The van der Waals surface area contributed by atoms with Crippen molar-refractivity contribution in [1.82, 2.24) is 15.3 Å². The Bertz CT molecular complexity index is 995. The molecule has 1 fully saturated rings. The van der Waals surface area contributed by atoms with E-state index in [2.05, 4.69) is 27.5 Å². The molecule has 0 unspecified atom stereocenters. The van der Waals surface area contributed by atoms with Crippen LogP contribution in [-0.4, -0.2) is 29.0 Å². The van der Waals surface area contributed by atoms with Crippen LogP contribution < -0.4 is 15.4 Å². The van der Waals surface area contributed by atoms with Gasteiger partial charge in [-0.05, 0) is 43.9 Å². The second-order valence-corrected chi connectivity index (χ2v) is 7.54. The van der Waals surface area contributed by atoms with E-state index in [1.165, 1.54) is 32.1 Å². The minimum absolute atomic E-state index is 0.260. The van der Waals surface area contributed by atoms with Gasteiger partial charge in [0.15, 0.2) is 5.58 Å². The monoisotopic (exact) mass is 394 g/mol. The highest BCUT2D eigenvalue weighted by Crippen LogP contribution is 2.30. The van der Waals surface area contributed by atoms with E-state index in [4.69, 9.17) is 9.15 Å². The molecule has 2 aromatic heterocycles. The lowest BCUT2D eigenvalue weighted by atomic mass is 9.85. The third kappa shape index (κ3) is 4.50.